The minimum absolute atomic E-state index is 0. The predicted molar refractivity (Wildman–Crippen MR) is 492 cm³/mol. The van der Waals surface area contributed by atoms with Gasteiger partial charge in [-0.05, 0) is 223 Å². The highest BCUT2D eigenvalue weighted by Crippen LogP contribution is 2.44. The molecule has 133 heavy (non-hydrogen) atoms. The van der Waals surface area contributed by atoms with E-state index in [4.69, 9.17) is 26.4 Å². The number of carbonyl (C=O) groups excluding carboxylic acids is 11. The van der Waals surface area contributed by atoms with Crippen molar-refractivity contribution in [3.8, 4) is 0 Å². The van der Waals surface area contributed by atoms with Gasteiger partial charge in [-0.25, -0.2) is 19.2 Å². The lowest BCUT2D eigenvalue weighted by atomic mass is 9.91. The average molecular weight is 1860 g/mol. The van der Waals surface area contributed by atoms with Gasteiger partial charge in [-0.3, -0.25) is 43.2 Å². The highest BCUT2D eigenvalue weighted by Gasteiger charge is 2.51. The number of aromatic carboxylic acids is 2. The number of ketones is 4. The molecule has 0 radical (unpaired) electrons. The molecule has 15 rings (SSSR count). The SMILES string of the molecule is CCOC(=O)CN=[N+]=[N-].COC(=O)/C(=C/c1ccccc1C)N=[N+]=[N-].COC(=O)c1cc2c(C)cccc2[nH]1.Cc1cccc2[nH]c(C(=O)O)cc12.Cc1cccc2[nH]c(C(=O)O)cc12.Cc1ccccc1C=O.Cl.O=C(N[C@@H](C[C@@H]1CCCC1=O)C(=O)CO)C1CCCC1.O=C1CCC[C@H]1C[C@H](NC(=O)[C@@H]1[C@H]2CCC[C@H]2CN1C(=O)c1cc2c(C(F)(F)F)cccc2[nH]1)C(=O)CO. The number of Topliss-reactive ketones (excluding diaryl/α,β-unsaturated/α-hetero) is 4. The van der Waals surface area contributed by atoms with Crippen LogP contribution in [0.15, 0.2) is 162 Å². The molecule has 0 bridgehead atoms. The van der Waals surface area contributed by atoms with Crippen LogP contribution in [0, 0.1) is 64.2 Å². The van der Waals surface area contributed by atoms with E-state index in [0.717, 1.165) is 135 Å². The first-order valence-corrected chi connectivity index (χ1v) is 42.9. The van der Waals surface area contributed by atoms with E-state index in [0.29, 0.717) is 50.8 Å². The summed E-state index contributed by atoms with van der Waals surface area (Å²) in [6.07, 6.45) is 8.45. The number of carbonyl (C=O) groups is 13. The van der Waals surface area contributed by atoms with E-state index in [9.17, 15) is 80.6 Å². The normalized spacial score (nSPS) is 16.7. The number of aromatic nitrogens is 4. The molecule has 0 spiro atoms. The van der Waals surface area contributed by atoms with Crippen LogP contribution < -0.4 is 10.6 Å². The molecule has 7 atom stereocenters. The first-order valence-electron chi connectivity index (χ1n) is 42.9. The highest BCUT2D eigenvalue weighted by molar-refractivity contribution is 6.03. The van der Waals surface area contributed by atoms with Crippen LogP contribution >= 0.6 is 12.4 Å². The Morgan fingerprint density at radius 2 is 1.01 bits per heavy atom. The number of H-pyrrole nitrogens is 4. The third-order valence-corrected chi connectivity index (χ3v) is 23.4. The van der Waals surface area contributed by atoms with Crippen LogP contribution in [0.5, 0.6) is 0 Å². The minimum atomic E-state index is -4.59. The average Bonchev–Trinajstić information content (AvgIpc) is 1.60. The number of ether oxygens (including phenoxy) is 3. The maximum Gasteiger partial charge on any atom is 0.417 e. The summed E-state index contributed by atoms with van der Waals surface area (Å²) in [5, 5.41) is 50.6. The van der Waals surface area contributed by atoms with Gasteiger partial charge in [-0.1, -0.05) is 120 Å². The van der Waals surface area contributed by atoms with E-state index in [1.54, 1.807) is 19.1 Å². The number of carboxylic acids is 2. The topological polar surface area (TPSA) is 518 Å². The number of benzene rings is 6. The van der Waals surface area contributed by atoms with Crippen LogP contribution in [0.1, 0.15) is 194 Å². The Labute approximate surface area is 769 Å². The third kappa shape index (κ3) is 29.7. The van der Waals surface area contributed by atoms with Crippen molar-refractivity contribution in [2.75, 3.05) is 47.1 Å². The van der Waals surface area contributed by atoms with Crippen LogP contribution in [0.4, 0.5) is 13.2 Å². The standard InChI is InChI=1S/C27H30F3N3O5.C15H23NO4.C11H11N3O2.C11H11NO2.2C10H9NO2.C8H8O.C4H7N3O2.ClH/c28-27(29,30)18-7-3-8-19-17(18)11-21(31-19)26(38)33-12-15-5-1-6-16(15)24(33)25(37)32-20(23(36)13-34)10-14-4-2-9-22(14)35;17-9-14(19)12(8-11-6-3-7-13(11)18)16-15(20)10-4-1-2-5-10;1-8-5-3-4-6-9(8)7-10(13-14-12)11(15)16-2;1-7-4-3-5-9-8(7)6-10(12-9)11(13)14-2;2*1-6-3-2-4-8-7(6)5-9(11-8)10(12)13;1-7-4-2-3-5-8(7)6-9;1-2-9-4(8)3-6-7-5;/h3,7-8,11,14-16,20,24,31,34H,1-2,4-6,9-10,12-13H2,(H,32,37);10-12,17H,1-9H2,(H,16,20);3-7H,1-2H3;3-6,12H,1-2H3;2*2-5,11H,1H3,(H,12,13);2-6H,1H3;2-3H2,1H3;1H/b;;10-7-;;;;;;/t14-,15-,16-,20-,24-;11-,12-;;;;;;;/m00......./s1. The number of likely N-dealkylation sites (tertiary alicyclic amines) is 1. The molecular weight excluding hydrogens is 1750 g/mol. The van der Waals surface area contributed by atoms with Gasteiger partial charge in [-0.15, -0.1) is 12.4 Å². The Hall–Kier alpha value is -14.1. The number of aryl methyl sites for hydroxylation is 5. The van der Waals surface area contributed by atoms with Gasteiger partial charge in [0.15, 0.2) is 11.6 Å². The number of aliphatic hydroxyl groups excluding tert-OH is 2. The molecule has 10 aromatic rings. The number of hydrogen-bond acceptors (Lipinski definition) is 20. The molecule has 0 unspecified atom stereocenters. The van der Waals surface area contributed by atoms with E-state index < -0.39 is 90.3 Å². The molecule has 3 amide bonds. The van der Waals surface area contributed by atoms with Gasteiger partial charge in [0.25, 0.3) is 5.91 Å². The molecule has 37 heteroatoms. The number of esters is 3. The van der Waals surface area contributed by atoms with Gasteiger partial charge < -0.3 is 70.1 Å². The van der Waals surface area contributed by atoms with Crippen molar-refractivity contribution in [1.82, 2.24) is 35.5 Å². The number of nitrogens with zero attached hydrogens (tertiary/aromatic N) is 7. The Morgan fingerprint density at radius 1 is 0.556 bits per heavy atom. The Balaban J connectivity index is 0.000000219. The van der Waals surface area contributed by atoms with Crippen molar-refractivity contribution < 1.29 is 110 Å². The molecule has 33 nitrogen and oxygen atoms in total. The fourth-order valence-electron chi connectivity index (χ4n) is 16.4. The number of azide groups is 2. The molecule has 5 aliphatic rings. The van der Waals surface area contributed by atoms with Gasteiger partial charge >= 0.3 is 36.0 Å². The summed E-state index contributed by atoms with van der Waals surface area (Å²) in [6.45, 7) is 10.4. The number of nitrogens with one attached hydrogen (secondary N) is 6. The third-order valence-electron chi connectivity index (χ3n) is 23.4. The van der Waals surface area contributed by atoms with Crippen molar-refractivity contribution in [3.63, 3.8) is 0 Å². The number of hydrogen-bond donors (Lipinski definition) is 10. The molecule has 4 aliphatic carbocycles. The van der Waals surface area contributed by atoms with E-state index in [-0.39, 0.29) is 119 Å². The summed E-state index contributed by atoms with van der Waals surface area (Å²) >= 11 is 0. The maximum absolute atomic E-state index is 13.6. The molecule has 706 valence electrons. The number of carboxylic acid groups (broad SMARTS) is 2. The minimum Gasteiger partial charge on any atom is -0.477 e. The summed E-state index contributed by atoms with van der Waals surface area (Å²) in [5.41, 5.74) is 25.9. The van der Waals surface area contributed by atoms with Gasteiger partial charge in [0.2, 0.25) is 11.8 Å². The summed E-state index contributed by atoms with van der Waals surface area (Å²) in [5.74, 6) is -5.94. The van der Waals surface area contributed by atoms with Crippen LogP contribution in [-0.2, 0) is 58.7 Å². The van der Waals surface area contributed by atoms with Crippen molar-refractivity contribution in [2.45, 2.75) is 162 Å². The lowest BCUT2D eigenvalue weighted by Gasteiger charge is -2.29. The van der Waals surface area contributed by atoms with E-state index >= 15 is 0 Å². The summed E-state index contributed by atoms with van der Waals surface area (Å²) in [6, 6.07) is 39.6. The van der Waals surface area contributed by atoms with Crippen molar-refractivity contribution in [3.05, 3.63) is 239 Å². The quantitative estimate of drug-likeness (QED) is 0.00541. The number of aromatic amines is 4. The molecule has 1 saturated heterocycles. The second-order valence-corrected chi connectivity index (χ2v) is 32.1. The Kier molecular flexibility index (Phi) is 41.1. The summed E-state index contributed by atoms with van der Waals surface area (Å²) in [7, 11) is 2.61. The van der Waals surface area contributed by atoms with Crippen molar-refractivity contribution in [1.29, 1.82) is 0 Å². The van der Waals surface area contributed by atoms with Gasteiger partial charge in [-0.2, -0.15) is 13.2 Å². The second-order valence-electron chi connectivity index (χ2n) is 32.1. The maximum atomic E-state index is 13.6. The number of aldehydes is 1. The van der Waals surface area contributed by atoms with Crippen molar-refractivity contribution >= 4 is 139 Å². The lowest BCUT2D eigenvalue weighted by Crippen LogP contribution is -2.53. The van der Waals surface area contributed by atoms with E-state index in [1.165, 1.54) is 43.4 Å². The molecule has 5 fully saturated rings. The van der Waals surface area contributed by atoms with E-state index in [2.05, 4.69) is 64.8 Å². The van der Waals surface area contributed by atoms with Gasteiger partial charge in [0.05, 0.1) is 38.5 Å². The number of fused-ring (bicyclic) bond motifs is 5. The van der Waals surface area contributed by atoms with Crippen LogP contribution in [0.3, 0.4) is 0 Å². The number of methoxy groups -OCH3 is 2. The van der Waals surface area contributed by atoms with Crippen molar-refractivity contribution in [2.24, 2.45) is 39.8 Å². The zero-order valence-electron chi connectivity index (χ0n) is 74.8. The monoisotopic (exact) mass is 1860 g/mol. The summed E-state index contributed by atoms with van der Waals surface area (Å²) in [4.78, 5) is 170. The van der Waals surface area contributed by atoms with Crippen LogP contribution in [0.25, 0.3) is 70.6 Å². The Morgan fingerprint density at radius 3 is 1.43 bits per heavy atom. The van der Waals surface area contributed by atoms with Gasteiger partial charge in [0, 0.05) is 96.1 Å². The largest absolute Gasteiger partial charge is 0.477 e. The first-order chi connectivity index (χ1) is 63.1. The smallest absolute Gasteiger partial charge is 0.417 e. The Bertz CT molecular complexity index is 5870. The molecular formula is C96H109ClF3N13O20. The second kappa shape index (κ2) is 51.5. The lowest BCUT2D eigenvalue weighted by molar-refractivity contribution is -0.141. The number of halogens is 4. The fraction of sp³-hybridized carbons (Fsp3) is 0.385. The zero-order chi connectivity index (χ0) is 96.5. The zero-order valence-corrected chi connectivity index (χ0v) is 75.6. The summed E-state index contributed by atoms with van der Waals surface area (Å²) < 4.78 is 54.1. The number of aliphatic hydroxyl groups is 2. The molecule has 6 aromatic carbocycles. The predicted octanol–water partition coefficient (Wildman–Crippen LogP) is 16.7. The molecule has 10 N–H and O–H groups in total. The van der Waals surface area contributed by atoms with Crippen LogP contribution in [-0.4, -0.2) is 188 Å². The fourth-order valence-corrected chi connectivity index (χ4v) is 16.4. The van der Waals surface area contributed by atoms with Gasteiger partial charge in [0.1, 0.15) is 72.1 Å². The number of alkyl halides is 3. The first kappa shape index (κ1) is 106. The molecule has 1 aliphatic heterocycles. The highest BCUT2D eigenvalue weighted by atomic mass is 35.5. The number of amides is 3. The van der Waals surface area contributed by atoms with E-state index in [1.807, 2.05) is 144 Å². The molecule has 5 heterocycles. The molecule has 4 aromatic heterocycles. The van der Waals surface area contributed by atoms with Crippen LogP contribution in [0.2, 0.25) is 0 Å². The molecule has 4 saturated carbocycles. The number of rotatable bonds is 23.